The molecule has 0 spiro atoms. The highest BCUT2D eigenvalue weighted by Gasteiger charge is 2.46. The molecule has 0 atom stereocenters. The van der Waals surface area contributed by atoms with Gasteiger partial charge in [0.05, 0.1) is 5.41 Å². The van der Waals surface area contributed by atoms with Gasteiger partial charge < -0.3 is 9.32 Å². The van der Waals surface area contributed by atoms with Crippen LogP contribution >= 0.6 is 11.3 Å². The molecule has 2 aromatic heterocycles. The average molecular weight is 960 g/mol. The number of nitrogens with zero attached hydrogens (tertiary/aromatic N) is 1. The summed E-state index contributed by atoms with van der Waals surface area (Å²) in [5, 5.41) is 7.18. The molecule has 0 unspecified atom stereocenters. The zero-order valence-electron chi connectivity index (χ0n) is 40.2. The van der Waals surface area contributed by atoms with Crippen LogP contribution in [0.4, 0.5) is 17.1 Å². The van der Waals surface area contributed by atoms with Gasteiger partial charge in [0, 0.05) is 59.0 Å². The normalized spacial score (nSPS) is 12.7. The number of hydrogen-bond donors (Lipinski definition) is 0. The van der Waals surface area contributed by atoms with Crippen LogP contribution in [0.2, 0.25) is 0 Å². The molecule has 0 radical (unpaired) electrons. The fourth-order valence-electron chi connectivity index (χ4n) is 12.3. The van der Waals surface area contributed by atoms with E-state index in [1.165, 1.54) is 81.2 Å². The van der Waals surface area contributed by atoms with Gasteiger partial charge in [-0.2, -0.15) is 0 Å². The summed E-state index contributed by atoms with van der Waals surface area (Å²) in [4.78, 5) is 2.38. The Morgan fingerprint density at radius 3 is 1.51 bits per heavy atom. The van der Waals surface area contributed by atoms with E-state index in [0.717, 1.165) is 55.5 Å². The van der Waals surface area contributed by atoms with Gasteiger partial charge in [0.15, 0.2) is 0 Å². The van der Waals surface area contributed by atoms with Gasteiger partial charge in [-0.1, -0.05) is 218 Å². The number of anilines is 3. The Morgan fingerprint density at radius 2 is 0.797 bits per heavy atom. The molecule has 0 bridgehead atoms. The molecule has 14 aromatic rings. The van der Waals surface area contributed by atoms with Gasteiger partial charge in [-0.25, -0.2) is 0 Å². The van der Waals surface area contributed by atoms with Crippen molar-refractivity contribution in [3.8, 4) is 44.5 Å². The molecule has 12 aromatic carbocycles. The topological polar surface area (TPSA) is 16.4 Å². The third-order valence-electron chi connectivity index (χ3n) is 15.6. The third kappa shape index (κ3) is 6.43. The number of thiophene rings is 1. The lowest BCUT2D eigenvalue weighted by atomic mass is 9.67. The van der Waals surface area contributed by atoms with Crippen LogP contribution < -0.4 is 4.90 Å². The van der Waals surface area contributed by atoms with Gasteiger partial charge in [0.25, 0.3) is 0 Å². The molecule has 2 heterocycles. The summed E-state index contributed by atoms with van der Waals surface area (Å²) in [6.07, 6.45) is 0. The van der Waals surface area contributed by atoms with Crippen molar-refractivity contribution in [3.63, 3.8) is 0 Å². The summed E-state index contributed by atoms with van der Waals surface area (Å²) in [6.45, 7) is 0. The van der Waals surface area contributed by atoms with Crippen molar-refractivity contribution in [2.24, 2.45) is 0 Å². The van der Waals surface area contributed by atoms with Gasteiger partial charge in [-0.05, 0) is 121 Å². The van der Waals surface area contributed by atoms with Crippen molar-refractivity contribution >= 4 is 81.3 Å². The molecule has 0 aliphatic heterocycles. The number of para-hydroxylation sites is 1. The molecule has 1 aliphatic rings. The van der Waals surface area contributed by atoms with Crippen LogP contribution in [-0.2, 0) is 5.41 Å². The van der Waals surface area contributed by atoms with Crippen molar-refractivity contribution in [2.45, 2.75) is 5.41 Å². The molecule has 15 rings (SSSR count). The van der Waals surface area contributed by atoms with E-state index in [0.29, 0.717) is 0 Å². The minimum absolute atomic E-state index is 0.466. The SMILES string of the molecule is c1ccc(C2(c3ccccc3)c3ccccc3-c3c(-c4ccc(N(c5ccc(-c6cccc7c6oc6c8ccccc8ccc76)cc5)c5ccc(-c6cccc7sc8ccccc8c67)cc5)cc4)cccc32)cc1. The number of fused-ring (bicyclic) bond motifs is 11. The molecule has 0 saturated heterocycles. The highest BCUT2D eigenvalue weighted by Crippen LogP contribution is 2.58. The van der Waals surface area contributed by atoms with Crippen LogP contribution in [0.5, 0.6) is 0 Å². The van der Waals surface area contributed by atoms with Gasteiger partial charge in [-0.15, -0.1) is 11.3 Å². The Labute approximate surface area is 433 Å². The molecule has 0 saturated carbocycles. The molecule has 346 valence electrons. The summed E-state index contributed by atoms with van der Waals surface area (Å²) in [7, 11) is 0. The number of rotatable bonds is 8. The van der Waals surface area contributed by atoms with Gasteiger partial charge in [0.2, 0.25) is 0 Å². The van der Waals surface area contributed by atoms with Crippen molar-refractivity contribution < 1.29 is 4.42 Å². The van der Waals surface area contributed by atoms with E-state index in [-0.39, 0.29) is 0 Å². The fourth-order valence-corrected chi connectivity index (χ4v) is 13.5. The predicted octanol–water partition coefficient (Wildman–Crippen LogP) is 19.9. The van der Waals surface area contributed by atoms with E-state index in [1.807, 2.05) is 11.3 Å². The van der Waals surface area contributed by atoms with Gasteiger partial charge in [0.1, 0.15) is 11.2 Å². The van der Waals surface area contributed by atoms with Crippen molar-refractivity contribution in [1.29, 1.82) is 0 Å². The first-order valence-electron chi connectivity index (χ1n) is 25.4. The lowest BCUT2D eigenvalue weighted by molar-refractivity contribution is 0.674. The average Bonchev–Trinajstić information content (AvgIpc) is 4.16. The Kier molecular flexibility index (Phi) is 9.70. The second-order valence-corrected chi connectivity index (χ2v) is 20.5. The van der Waals surface area contributed by atoms with Gasteiger partial charge in [-0.3, -0.25) is 0 Å². The lowest BCUT2D eigenvalue weighted by Gasteiger charge is -2.34. The number of benzene rings is 12. The quantitative estimate of drug-likeness (QED) is 0.151. The Morgan fingerprint density at radius 1 is 0.311 bits per heavy atom. The molecule has 0 N–H and O–H groups in total. The Hall–Kier alpha value is -9.28. The van der Waals surface area contributed by atoms with E-state index >= 15 is 0 Å². The first-order valence-corrected chi connectivity index (χ1v) is 26.2. The summed E-state index contributed by atoms with van der Waals surface area (Å²) in [6, 6.07) is 100. The first-order chi connectivity index (χ1) is 36.7. The van der Waals surface area contributed by atoms with Crippen LogP contribution in [0, 0.1) is 0 Å². The molecule has 2 nitrogen and oxygen atoms in total. The summed E-state index contributed by atoms with van der Waals surface area (Å²) in [5.41, 5.74) is 19.3. The molecule has 74 heavy (non-hydrogen) atoms. The van der Waals surface area contributed by atoms with E-state index in [9.17, 15) is 0 Å². The summed E-state index contributed by atoms with van der Waals surface area (Å²) >= 11 is 1.86. The minimum atomic E-state index is -0.466. The molecule has 3 heteroatoms. The monoisotopic (exact) mass is 959 g/mol. The summed E-state index contributed by atoms with van der Waals surface area (Å²) < 4.78 is 9.42. The maximum absolute atomic E-state index is 6.80. The Balaban J connectivity index is 0.857. The zero-order chi connectivity index (χ0) is 48.7. The van der Waals surface area contributed by atoms with Crippen molar-refractivity contribution in [3.05, 3.63) is 295 Å². The van der Waals surface area contributed by atoms with Crippen LogP contribution in [0.25, 0.3) is 97.4 Å². The lowest BCUT2D eigenvalue weighted by Crippen LogP contribution is -2.28. The largest absolute Gasteiger partial charge is 0.455 e. The molecular weight excluding hydrogens is 915 g/mol. The highest BCUT2D eigenvalue weighted by molar-refractivity contribution is 7.25. The molecular formula is C71H45NOS. The molecule has 1 aliphatic carbocycles. The highest BCUT2D eigenvalue weighted by atomic mass is 32.1. The molecule has 0 fully saturated rings. The van der Waals surface area contributed by atoms with Crippen molar-refractivity contribution in [1.82, 2.24) is 0 Å². The standard InChI is InChI=1S/C71H45NOS/c1-3-17-50(18-4-1)71(51-19-5-2-6-20-51)63-28-11-9-22-61(63)67-55(24-14-29-64(67)71)47-32-39-52(40-33-47)72(53-41-34-48(35-42-53)56-25-15-31-66-68(56)62-23-10-12-30-65(62)74-66)54-43-36-49(37-44-54)58-26-13-27-59-60-45-38-46-16-7-8-21-57(46)70(60)73-69(58)59/h1-45H. The van der Waals surface area contributed by atoms with Crippen LogP contribution in [0.3, 0.4) is 0 Å². The van der Waals surface area contributed by atoms with Gasteiger partial charge >= 0.3 is 0 Å². The summed E-state index contributed by atoms with van der Waals surface area (Å²) in [5.74, 6) is 0. The van der Waals surface area contributed by atoms with Crippen LogP contribution in [-0.4, -0.2) is 0 Å². The van der Waals surface area contributed by atoms with Crippen molar-refractivity contribution in [2.75, 3.05) is 4.90 Å². The molecule has 0 amide bonds. The maximum Gasteiger partial charge on any atom is 0.143 e. The van der Waals surface area contributed by atoms with E-state index in [2.05, 4.69) is 278 Å². The minimum Gasteiger partial charge on any atom is -0.455 e. The van der Waals surface area contributed by atoms with E-state index in [1.54, 1.807) is 0 Å². The Bertz CT molecular complexity index is 4420. The fraction of sp³-hybridized carbons (Fsp3) is 0.0141. The van der Waals surface area contributed by atoms with E-state index < -0.39 is 5.41 Å². The number of furan rings is 1. The maximum atomic E-state index is 6.80. The first kappa shape index (κ1) is 42.4. The second-order valence-electron chi connectivity index (χ2n) is 19.5. The van der Waals surface area contributed by atoms with Crippen LogP contribution in [0.15, 0.2) is 277 Å². The van der Waals surface area contributed by atoms with Crippen LogP contribution in [0.1, 0.15) is 22.3 Å². The number of hydrogen-bond acceptors (Lipinski definition) is 3. The second kappa shape index (κ2) is 16.9. The smallest absolute Gasteiger partial charge is 0.143 e. The third-order valence-corrected chi connectivity index (χ3v) is 16.7. The zero-order valence-corrected chi connectivity index (χ0v) is 41.1. The predicted molar refractivity (Wildman–Crippen MR) is 312 cm³/mol. The van der Waals surface area contributed by atoms with E-state index in [4.69, 9.17) is 4.42 Å².